The lowest BCUT2D eigenvalue weighted by Gasteiger charge is -2.34. The molecule has 2 N–H and O–H groups in total. The second-order valence-electron chi connectivity index (χ2n) is 5.30. The van der Waals surface area contributed by atoms with Crippen LogP contribution in [0.5, 0.6) is 0 Å². The molecule has 1 aliphatic heterocycles. The van der Waals surface area contributed by atoms with Gasteiger partial charge in [-0.3, -0.25) is 19.8 Å². The van der Waals surface area contributed by atoms with Crippen LogP contribution in [0.25, 0.3) is 0 Å². The minimum Gasteiger partial charge on any atom is -0.341 e. The Kier molecular flexibility index (Phi) is 6.42. The fraction of sp³-hybridized carbons (Fsp3) is 0.400. The van der Waals surface area contributed by atoms with Crippen molar-refractivity contribution in [3.8, 4) is 0 Å². The molecule has 1 aromatic carbocycles. The van der Waals surface area contributed by atoms with E-state index in [2.05, 4.69) is 10.6 Å². The SMILES string of the molecule is CNC(=O)NC(=O)CN1CCN(C(=O)c2cccc(Cl)c2Cl)CC1. The Morgan fingerprint density at radius 2 is 1.79 bits per heavy atom. The normalized spacial score (nSPS) is 15.0. The number of nitrogens with one attached hydrogen (secondary N) is 2. The second kappa shape index (κ2) is 8.32. The van der Waals surface area contributed by atoms with E-state index < -0.39 is 6.03 Å². The molecule has 0 aliphatic carbocycles. The molecular weight excluding hydrogens is 355 g/mol. The maximum absolute atomic E-state index is 12.5. The molecule has 7 nitrogen and oxygen atoms in total. The molecule has 0 atom stereocenters. The van der Waals surface area contributed by atoms with Crippen molar-refractivity contribution in [3.63, 3.8) is 0 Å². The minimum atomic E-state index is -0.538. The molecule has 1 fully saturated rings. The van der Waals surface area contributed by atoms with Gasteiger partial charge in [0.2, 0.25) is 5.91 Å². The summed E-state index contributed by atoms with van der Waals surface area (Å²) in [6.45, 7) is 2.10. The molecule has 1 aliphatic rings. The fourth-order valence-corrected chi connectivity index (χ4v) is 2.76. The first-order valence-electron chi connectivity index (χ1n) is 7.39. The van der Waals surface area contributed by atoms with E-state index in [0.717, 1.165) is 0 Å². The first-order chi connectivity index (χ1) is 11.4. The summed E-state index contributed by atoms with van der Waals surface area (Å²) in [4.78, 5) is 38.8. The highest BCUT2D eigenvalue weighted by Crippen LogP contribution is 2.26. The van der Waals surface area contributed by atoms with Crippen molar-refractivity contribution in [2.75, 3.05) is 39.8 Å². The maximum atomic E-state index is 12.5. The van der Waals surface area contributed by atoms with Gasteiger partial charge in [0.15, 0.2) is 0 Å². The van der Waals surface area contributed by atoms with Gasteiger partial charge in [0.1, 0.15) is 0 Å². The summed E-state index contributed by atoms with van der Waals surface area (Å²) in [7, 11) is 1.44. The summed E-state index contributed by atoms with van der Waals surface area (Å²) in [5.41, 5.74) is 0.370. The quantitative estimate of drug-likeness (QED) is 0.835. The van der Waals surface area contributed by atoms with E-state index in [1.807, 2.05) is 4.90 Å². The van der Waals surface area contributed by atoms with E-state index in [1.165, 1.54) is 7.05 Å². The van der Waals surface area contributed by atoms with Crippen molar-refractivity contribution >= 4 is 41.0 Å². The van der Waals surface area contributed by atoms with E-state index in [0.29, 0.717) is 36.8 Å². The molecule has 0 aromatic heterocycles. The fourth-order valence-electron chi connectivity index (χ4n) is 2.38. The van der Waals surface area contributed by atoms with Crippen LogP contribution in [0.2, 0.25) is 10.0 Å². The van der Waals surface area contributed by atoms with Crippen molar-refractivity contribution in [2.45, 2.75) is 0 Å². The first-order valence-corrected chi connectivity index (χ1v) is 8.15. The van der Waals surface area contributed by atoms with Crippen LogP contribution in [0.3, 0.4) is 0 Å². The van der Waals surface area contributed by atoms with E-state index >= 15 is 0 Å². The summed E-state index contributed by atoms with van der Waals surface area (Å²) in [5, 5.41) is 5.11. The van der Waals surface area contributed by atoms with E-state index in [9.17, 15) is 14.4 Å². The van der Waals surface area contributed by atoms with Crippen LogP contribution in [0.15, 0.2) is 18.2 Å². The van der Waals surface area contributed by atoms with Gasteiger partial charge in [0.25, 0.3) is 5.91 Å². The lowest BCUT2D eigenvalue weighted by molar-refractivity contribution is -0.121. The largest absolute Gasteiger partial charge is 0.341 e. The Bertz CT molecular complexity index is 646. The number of carbonyl (C=O) groups excluding carboxylic acids is 3. The summed E-state index contributed by atoms with van der Waals surface area (Å²) < 4.78 is 0. The number of benzene rings is 1. The Labute approximate surface area is 149 Å². The topological polar surface area (TPSA) is 81.8 Å². The number of nitrogens with zero attached hydrogens (tertiary/aromatic N) is 2. The van der Waals surface area contributed by atoms with Gasteiger partial charge in [0.05, 0.1) is 22.2 Å². The van der Waals surface area contributed by atoms with Crippen molar-refractivity contribution in [1.29, 1.82) is 0 Å². The van der Waals surface area contributed by atoms with Gasteiger partial charge >= 0.3 is 6.03 Å². The smallest absolute Gasteiger partial charge is 0.321 e. The average molecular weight is 373 g/mol. The van der Waals surface area contributed by atoms with Crippen molar-refractivity contribution in [2.24, 2.45) is 0 Å². The van der Waals surface area contributed by atoms with Gasteiger partial charge < -0.3 is 10.2 Å². The predicted molar refractivity (Wildman–Crippen MR) is 91.4 cm³/mol. The third-order valence-electron chi connectivity index (χ3n) is 3.69. The molecule has 0 spiro atoms. The number of rotatable bonds is 3. The van der Waals surface area contributed by atoms with Crippen LogP contribution in [-0.2, 0) is 4.79 Å². The third-order valence-corrected chi connectivity index (χ3v) is 4.51. The third kappa shape index (κ3) is 4.59. The van der Waals surface area contributed by atoms with Gasteiger partial charge in [-0.25, -0.2) is 4.79 Å². The lowest BCUT2D eigenvalue weighted by Crippen LogP contribution is -2.52. The highest BCUT2D eigenvalue weighted by Gasteiger charge is 2.25. The Morgan fingerprint density at radius 3 is 2.42 bits per heavy atom. The molecular formula is C15H18Cl2N4O3. The number of imide groups is 1. The zero-order valence-corrected chi connectivity index (χ0v) is 14.7. The molecule has 130 valence electrons. The Hall–Kier alpha value is -1.83. The molecule has 24 heavy (non-hydrogen) atoms. The zero-order valence-electron chi connectivity index (χ0n) is 13.1. The predicted octanol–water partition coefficient (Wildman–Crippen LogP) is 1.21. The standard InChI is InChI=1S/C15H18Cl2N4O3/c1-18-15(24)19-12(22)9-20-5-7-21(8-6-20)14(23)10-3-2-4-11(16)13(10)17/h2-4H,5-9H2,1H3,(H2,18,19,22,24). The summed E-state index contributed by atoms with van der Waals surface area (Å²) >= 11 is 12.0. The Balaban J connectivity index is 1.88. The molecule has 9 heteroatoms. The number of hydrogen-bond acceptors (Lipinski definition) is 4. The van der Waals surface area contributed by atoms with Gasteiger partial charge in [-0.05, 0) is 12.1 Å². The van der Waals surface area contributed by atoms with Crippen LogP contribution < -0.4 is 10.6 Å². The van der Waals surface area contributed by atoms with Crippen molar-refractivity contribution < 1.29 is 14.4 Å². The molecule has 1 saturated heterocycles. The van der Waals surface area contributed by atoms with Crippen LogP contribution in [0, 0.1) is 0 Å². The number of amides is 4. The molecule has 1 aromatic rings. The molecule has 0 unspecified atom stereocenters. The molecule has 0 bridgehead atoms. The monoisotopic (exact) mass is 372 g/mol. The van der Waals surface area contributed by atoms with Crippen LogP contribution >= 0.6 is 23.2 Å². The first kappa shape index (κ1) is 18.5. The summed E-state index contributed by atoms with van der Waals surface area (Å²) in [5.74, 6) is -0.566. The van der Waals surface area contributed by atoms with Gasteiger partial charge in [-0.1, -0.05) is 29.3 Å². The van der Waals surface area contributed by atoms with Crippen LogP contribution in [-0.4, -0.2) is 67.4 Å². The van der Waals surface area contributed by atoms with E-state index in [4.69, 9.17) is 23.2 Å². The molecule has 0 radical (unpaired) electrons. The molecule has 1 heterocycles. The van der Waals surface area contributed by atoms with Crippen LogP contribution in [0.1, 0.15) is 10.4 Å². The van der Waals surface area contributed by atoms with Gasteiger partial charge in [-0.15, -0.1) is 0 Å². The van der Waals surface area contributed by atoms with Gasteiger partial charge in [0, 0.05) is 33.2 Å². The molecule has 2 rings (SSSR count). The highest BCUT2D eigenvalue weighted by molar-refractivity contribution is 6.43. The van der Waals surface area contributed by atoms with Crippen molar-refractivity contribution in [1.82, 2.24) is 20.4 Å². The van der Waals surface area contributed by atoms with E-state index in [-0.39, 0.29) is 23.4 Å². The number of carbonyl (C=O) groups is 3. The number of hydrogen-bond donors (Lipinski definition) is 2. The second-order valence-corrected chi connectivity index (χ2v) is 6.08. The molecule has 0 saturated carbocycles. The molecule has 4 amide bonds. The Morgan fingerprint density at radius 1 is 1.12 bits per heavy atom. The number of urea groups is 1. The van der Waals surface area contributed by atoms with Crippen molar-refractivity contribution in [3.05, 3.63) is 33.8 Å². The van der Waals surface area contributed by atoms with Gasteiger partial charge in [-0.2, -0.15) is 0 Å². The average Bonchev–Trinajstić information content (AvgIpc) is 2.57. The van der Waals surface area contributed by atoms with Crippen LogP contribution in [0.4, 0.5) is 4.79 Å². The van der Waals surface area contributed by atoms with E-state index in [1.54, 1.807) is 23.1 Å². The maximum Gasteiger partial charge on any atom is 0.321 e. The minimum absolute atomic E-state index is 0.105. The lowest BCUT2D eigenvalue weighted by atomic mass is 10.1. The number of piperazine rings is 1. The summed E-state index contributed by atoms with van der Waals surface area (Å²) in [6, 6.07) is 4.41. The zero-order chi connectivity index (χ0) is 17.7. The number of halogens is 2. The summed E-state index contributed by atoms with van der Waals surface area (Å²) in [6.07, 6.45) is 0. The highest BCUT2D eigenvalue weighted by atomic mass is 35.5.